The second-order valence-corrected chi connectivity index (χ2v) is 5.61. The fraction of sp³-hybridized carbons (Fsp3) is 0.500. The number of carbonyl (C=O) groups excluding carboxylic acids is 2. The molecule has 1 aliphatic rings. The fourth-order valence-electron chi connectivity index (χ4n) is 2.64. The summed E-state index contributed by atoms with van der Waals surface area (Å²) in [5.74, 6) is -0.0201. The molecule has 1 aromatic carbocycles. The molecule has 2 atom stereocenters. The van der Waals surface area contributed by atoms with Gasteiger partial charge < -0.3 is 16.4 Å². The van der Waals surface area contributed by atoms with E-state index in [1.807, 2.05) is 30.3 Å². The molecule has 1 saturated heterocycles. The largest absolute Gasteiger partial charge is 0.368 e. The highest BCUT2D eigenvalue weighted by molar-refractivity contribution is 5.86. The molecule has 1 aromatic rings. The normalized spacial score (nSPS) is 19.1. The quantitative estimate of drug-likeness (QED) is 0.687. The van der Waals surface area contributed by atoms with Crippen LogP contribution in [0.2, 0.25) is 0 Å². The Labute approximate surface area is 125 Å². The van der Waals surface area contributed by atoms with Gasteiger partial charge in [-0.25, -0.2) is 0 Å². The summed E-state index contributed by atoms with van der Waals surface area (Å²) < 4.78 is 0. The smallest absolute Gasteiger partial charge is 0.240 e. The molecule has 2 unspecified atom stereocenters. The summed E-state index contributed by atoms with van der Waals surface area (Å²) in [4.78, 5) is 23.5. The van der Waals surface area contributed by atoms with E-state index in [1.165, 1.54) is 0 Å². The van der Waals surface area contributed by atoms with Crippen LogP contribution in [0.25, 0.3) is 0 Å². The minimum Gasteiger partial charge on any atom is -0.368 e. The Morgan fingerprint density at radius 3 is 2.71 bits per heavy atom. The molecule has 0 saturated carbocycles. The van der Waals surface area contributed by atoms with Crippen LogP contribution in [0.1, 0.15) is 24.8 Å². The van der Waals surface area contributed by atoms with Gasteiger partial charge in [0.1, 0.15) is 6.04 Å². The van der Waals surface area contributed by atoms with E-state index in [0.717, 1.165) is 31.5 Å². The SMILES string of the molecule is NC(=O)C(Cc1ccccc1)NC(=O)CCC1CCNC1. The van der Waals surface area contributed by atoms with Crippen LogP contribution in [0.4, 0.5) is 0 Å². The van der Waals surface area contributed by atoms with Crippen LogP contribution in [0.3, 0.4) is 0 Å². The predicted octanol–water partition coefficient (Wildman–Crippen LogP) is 0.589. The van der Waals surface area contributed by atoms with Gasteiger partial charge in [-0.1, -0.05) is 30.3 Å². The molecule has 1 heterocycles. The monoisotopic (exact) mass is 289 g/mol. The Kier molecular flexibility index (Phi) is 5.75. The Morgan fingerprint density at radius 1 is 1.33 bits per heavy atom. The lowest BCUT2D eigenvalue weighted by molar-refractivity contribution is -0.127. The summed E-state index contributed by atoms with van der Waals surface area (Å²) >= 11 is 0. The van der Waals surface area contributed by atoms with E-state index in [0.29, 0.717) is 18.8 Å². The molecule has 2 rings (SSSR count). The minimum absolute atomic E-state index is 0.0957. The molecule has 5 heteroatoms. The van der Waals surface area contributed by atoms with Gasteiger partial charge in [-0.2, -0.15) is 0 Å². The third kappa shape index (κ3) is 5.19. The number of carbonyl (C=O) groups is 2. The summed E-state index contributed by atoms with van der Waals surface area (Å²) in [6, 6.07) is 8.93. The number of nitrogens with two attached hydrogens (primary N) is 1. The first-order valence-corrected chi connectivity index (χ1v) is 7.48. The van der Waals surface area contributed by atoms with E-state index in [-0.39, 0.29) is 5.91 Å². The van der Waals surface area contributed by atoms with E-state index in [9.17, 15) is 9.59 Å². The van der Waals surface area contributed by atoms with E-state index in [4.69, 9.17) is 5.73 Å². The van der Waals surface area contributed by atoms with Crippen LogP contribution >= 0.6 is 0 Å². The third-order valence-electron chi connectivity index (χ3n) is 3.90. The Balaban J connectivity index is 1.81. The van der Waals surface area contributed by atoms with Crippen LogP contribution in [0.5, 0.6) is 0 Å². The van der Waals surface area contributed by atoms with Gasteiger partial charge in [0.25, 0.3) is 0 Å². The zero-order valence-electron chi connectivity index (χ0n) is 12.2. The highest BCUT2D eigenvalue weighted by Crippen LogP contribution is 2.14. The number of benzene rings is 1. The maximum absolute atomic E-state index is 12.0. The molecule has 0 radical (unpaired) electrons. The van der Waals surface area contributed by atoms with E-state index in [2.05, 4.69) is 10.6 Å². The predicted molar refractivity (Wildman–Crippen MR) is 81.5 cm³/mol. The summed E-state index contributed by atoms with van der Waals surface area (Å²) in [6.07, 6.45) is 2.87. The van der Waals surface area contributed by atoms with Crippen LogP contribution in [-0.2, 0) is 16.0 Å². The zero-order chi connectivity index (χ0) is 15.1. The molecule has 5 nitrogen and oxygen atoms in total. The van der Waals surface area contributed by atoms with Gasteiger partial charge >= 0.3 is 0 Å². The molecule has 114 valence electrons. The zero-order valence-corrected chi connectivity index (χ0v) is 12.2. The molecule has 4 N–H and O–H groups in total. The van der Waals surface area contributed by atoms with Crippen LogP contribution < -0.4 is 16.4 Å². The van der Waals surface area contributed by atoms with Crippen LogP contribution in [0.15, 0.2) is 30.3 Å². The number of amides is 2. The molecular weight excluding hydrogens is 266 g/mol. The van der Waals surface area contributed by atoms with Crippen molar-refractivity contribution in [3.05, 3.63) is 35.9 Å². The minimum atomic E-state index is -0.637. The van der Waals surface area contributed by atoms with Gasteiger partial charge in [0.2, 0.25) is 11.8 Å². The van der Waals surface area contributed by atoms with E-state index < -0.39 is 11.9 Å². The Hall–Kier alpha value is -1.88. The lowest BCUT2D eigenvalue weighted by Gasteiger charge is -2.16. The topological polar surface area (TPSA) is 84.2 Å². The molecular formula is C16H23N3O2. The van der Waals surface area contributed by atoms with Crippen molar-refractivity contribution in [1.82, 2.24) is 10.6 Å². The lowest BCUT2D eigenvalue weighted by atomic mass is 10.0. The van der Waals surface area contributed by atoms with Crippen molar-refractivity contribution in [3.8, 4) is 0 Å². The first kappa shape index (κ1) is 15.5. The van der Waals surface area contributed by atoms with Crippen molar-refractivity contribution in [1.29, 1.82) is 0 Å². The van der Waals surface area contributed by atoms with Crippen molar-refractivity contribution < 1.29 is 9.59 Å². The Bertz CT molecular complexity index is 470. The average Bonchev–Trinajstić information content (AvgIpc) is 2.99. The number of primary amides is 1. The highest BCUT2D eigenvalue weighted by atomic mass is 16.2. The molecule has 0 bridgehead atoms. The van der Waals surface area contributed by atoms with Crippen molar-refractivity contribution in [2.45, 2.75) is 31.7 Å². The van der Waals surface area contributed by atoms with Crippen molar-refractivity contribution in [2.24, 2.45) is 11.7 Å². The Morgan fingerprint density at radius 2 is 2.10 bits per heavy atom. The van der Waals surface area contributed by atoms with Gasteiger partial charge in [-0.3, -0.25) is 9.59 Å². The summed E-state index contributed by atoms with van der Waals surface area (Å²) in [5.41, 5.74) is 6.38. The summed E-state index contributed by atoms with van der Waals surface area (Å²) in [7, 11) is 0. The molecule has 1 aliphatic heterocycles. The molecule has 1 fully saturated rings. The van der Waals surface area contributed by atoms with E-state index in [1.54, 1.807) is 0 Å². The van der Waals surface area contributed by atoms with Crippen LogP contribution in [-0.4, -0.2) is 30.9 Å². The first-order valence-electron chi connectivity index (χ1n) is 7.48. The van der Waals surface area contributed by atoms with E-state index >= 15 is 0 Å². The molecule has 21 heavy (non-hydrogen) atoms. The van der Waals surface area contributed by atoms with Crippen molar-refractivity contribution >= 4 is 11.8 Å². The average molecular weight is 289 g/mol. The molecule has 0 aliphatic carbocycles. The van der Waals surface area contributed by atoms with Crippen molar-refractivity contribution in [3.63, 3.8) is 0 Å². The number of hydrogen-bond donors (Lipinski definition) is 3. The molecule has 2 amide bonds. The molecule has 0 aromatic heterocycles. The maximum Gasteiger partial charge on any atom is 0.240 e. The first-order chi connectivity index (χ1) is 10.1. The maximum atomic E-state index is 12.0. The second kappa shape index (κ2) is 7.78. The molecule has 0 spiro atoms. The lowest BCUT2D eigenvalue weighted by Crippen LogP contribution is -2.45. The van der Waals surface area contributed by atoms with Gasteiger partial charge in [-0.15, -0.1) is 0 Å². The summed E-state index contributed by atoms with van der Waals surface area (Å²) in [6.45, 7) is 2.01. The van der Waals surface area contributed by atoms with Crippen LogP contribution in [0, 0.1) is 5.92 Å². The van der Waals surface area contributed by atoms with Crippen molar-refractivity contribution in [2.75, 3.05) is 13.1 Å². The third-order valence-corrected chi connectivity index (χ3v) is 3.90. The van der Waals surface area contributed by atoms with Gasteiger partial charge in [0.15, 0.2) is 0 Å². The van der Waals surface area contributed by atoms with Gasteiger partial charge in [0, 0.05) is 12.8 Å². The second-order valence-electron chi connectivity index (χ2n) is 5.61. The summed E-state index contributed by atoms with van der Waals surface area (Å²) in [5, 5.41) is 6.04. The van der Waals surface area contributed by atoms with Gasteiger partial charge in [-0.05, 0) is 37.4 Å². The standard InChI is InChI=1S/C16H23N3O2/c17-16(21)14(10-12-4-2-1-3-5-12)19-15(20)7-6-13-8-9-18-11-13/h1-5,13-14,18H,6-11H2,(H2,17,21)(H,19,20). The number of nitrogens with one attached hydrogen (secondary N) is 2. The number of rotatable bonds is 7. The fourth-order valence-corrected chi connectivity index (χ4v) is 2.64. The van der Waals surface area contributed by atoms with Gasteiger partial charge in [0.05, 0.1) is 0 Å². The number of hydrogen-bond acceptors (Lipinski definition) is 3. The highest BCUT2D eigenvalue weighted by Gasteiger charge is 2.20.